The number of urea groups is 1. The van der Waals surface area contributed by atoms with Crippen molar-refractivity contribution in [3.63, 3.8) is 0 Å². The molecule has 130 valence electrons. The van der Waals surface area contributed by atoms with Crippen molar-refractivity contribution in [1.29, 1.82) is 0 Å². The van der Waals surface area contributed by atoms with E-state index in [1.165, 1.54) is 0 Å². The maximum absolute atomic E-state index is 13.9. The molecule has 2 aromatic heterocycles. The number of fused-ring (bicyclic) bond motifs is 1. The number of pyridine rings is 1. The monoisotopic (exact) mass is 345 g/mol. The number of nitrogens with one attached hydrogen (secondary N) is 2. The second-order valence-corrected chi connectivity index (χ2v) is 5.50. The molecule has 2 N–H and O–H groups in total. The smallest absolute Gasteiger partial charge is 0.315 e. The van der Waals surface area contributed by atoms with Crippen molar-refractivity contribution in [3.05, 3.63) is 65.6 Å². The first-order valence-electron chi connectivity index (χ1n) is 7.86. The van der Waals surface area contributed by atoms with Crippen molar-refractivity contribution in [3.8, 4) is 0 Å². The number of aromatic nitrogens is 3. The third kappa shape index (κ3) is 3.73. The fourth-order valence-electron chi connectivity index (χ4n) is 2.56. The van der Waals surface area contributed by atoms with Crippen LogP contribution >= 0.6 is 0 Å². The third-order valence-electron chi connectivity index (χ3n) is 3.84. The molecular weight excluding hydrogens is 328 g/mol. The topological polar surface area (TPSA) is 71.3 Å². The van der Waals surface area contributed by atoms with Crippen LogP contribution in [0, 0.1) is 11.6 Å². The summed E-state index contributed by atoms with van der Waals surface area (Å²) in [7, 11) is 0. The molecule has 25 heavy (non-hydrogen) atoms. The summed E-state index contributed by atoms with van der Waals surface area (Å²) in [5, 5.41) is 13.3. The van der Waals surface area contributed by atoms with E-state index < -0.39 is 23.7 Å². The van der Waals surface area contributed by atoms with Crippen LogP contribution in [0.3, 0.4) is 0 Å². The van der Waals surface area contributed by atoms with Gasteiger partial charge < -0.3 is 10.6 Å². The highest BCUT2D eigenvalue weighted by atomic mass is 19.1. The standard InChI is InChI=1S/C17H17F2N5O/c1-2-14(12-9-11(18)6-7-13(12)19)21-17(25)20-10-16-23-22-15-5-3-4-8-24(15)16/h3-9,14H,2,10H2,1H3,(H2,20,21,25)/t14-/m0/s1. The van der Waals surface area contributed by atoms with Gasteiger partial charge in [-0.15, -0.1) is 10.2 Å². The van der Waals surface area contributed by atoms with Gasteiger partial charge in [-0.2, -0.15) is 0 Å². The fourth-order valence-corrected chi connectivity index (χ4v) is 2.56. The van der Waals surface area contributed by atoms with Crippen molar-refractivity contribution >= 4 is 11.7 Å². The number of rotatable bonds is 5. The average molecular weight is 345 g/mol. The first-order valence-corrected chi connectivity index (χ1v) is 7.86. The van der Waals surface area contributed by atoms with Gasteiger partial charge in [0.2, 0.25) is 0 Å². The second kappa shape index (κ2) is 7.25. The van der Waals surface area contributed by atoms with Gasteiger partial charge in [0.05, 0.1) is 12.6 Å². The molecule has 0 radical (unpaired) electrons. The van der Waals surface area contributed by atoms with Crippen LogP contribution in [-0.2, 0) is 6.54 Å². The van der Waals surface area contributed by atoms with Crippen molar-refractivity contribution in [2.24, 2.45) is 0 Å². The first kappa shape index (κ1) is 16.8. The summed E-state index contributed by atoms with van der Waals surface area (Å²) in [6.07, 6.45) is 2.21. The minimum atomic E-state index is -0.633. The molecule has 0 aliphatic heterocycles. The number of hydrogen-bond acceptors (Lipinski definition) is 3. The van der Waals surface area contributed by atoms with Crippen molar-refractivity contribution < 1.29 is 13.6 Å². The van der Waals surface area contributed by atoms with Crippen LogP contribution in [0.4, 0.5) is 13.6 Å². The number of halogens is 2. The third-order valence-corrected chi connectivity index (χ3v) is 3.84. The maximum Gasteiger partial charge on any atom is 0.315 e. The Labute approximate surface area is 142 Å². The molecule has 0 saturated heterocycles. The Balaban J connectivity index is 1.66. The Morgan fingerprint density at radius 2 is 2.08 bits per heavy atom. The van der Waals surface area contributed by atoms with Crippen LogP contribution in [0.1, 0.15) is 30.8 Å². The van der Waals surface area contributed by atoms with Crippen LogP contribution in [0.25, 0.3) is 5.65 Å². The van der Waals surface area contributed by atoms with Gasteiger partial charge in [-0.1, -0.05) is 13.0 Å². The zero-order valence-electron chi connectivity index (χ0n) is 13.5. The molecule has 3 rings (SSSR count). The van der Waals surface area contributed by atoms with E-state index in [1.54, 1.807) is 23.6 Å². The highest BCUT2D eigenvalue weighted by Crippen LogP contribution is 2.21. The van der Waals surface area contributed by atoms with Gasteiger partial charge >= 0.3 is 6.03 Å². The predicted octanol–water partition coefficient (Wildman–Crippen LogP) is 2.96. The van der Waals surface area contributed by atoms with Crippen LogP contribution in [0.15, 0.2) is 42.6 Å². The summed E-state index contributed by atoms with van der Waals surface area (Å²) in [5.41, 5.74) is 0.790. The van der Waals surface area contributed by atoms with Crippen LogP contribution in [0.5, 0.6) is 0 Å². The van der Waals surface area contributed by atoms with E-state index in [0.29, 0.717) is 17.9 Å². The number of carbonyl (C=O) groups excluding carboxylic acids is 1. The van der Waals surface area contributed by atoms with Gasteiger partial charge in [-0.3, -0.25) is 4.40 Å². The SMILES string of the molecule is CC[C@H](NC(=O)NCc1nnc2ccccn12)c1cc(F)ccc1F. The van der Waals surface area contributed by atoms with Gasteiger partial charge in [0.25, 0.3) is 0 Å². The molecule has 6 nitrogen and oxygen atoms in total. The zero-order valence-corrected chi connectivity index (χ0v) is 13.5. The van der Waals surface area contributed by atoms with E-state index >= 15 is 0 Å². The Hall–Kier alpha value is -3.03. The molecule has 2 heterocycles. The van der Waals surface area contributed by atoms with Gasteiger partial charge in [0.15, 0.2) is 11.5 Å². The van der Waals surface area contributed by atoms with Gasteiger partial charge in [0, 0.05) is 11.8 Å². The Kier molecular flexibility index (Phi) is 4.87. The molecule has 8 heteroatoms. The zero-order chi connectivity index (χ0) is 17.8. The lowest BCUT2D eigenvalue weighted by atomic mass is 10.0. The highest BCUT2D eigenvalue weighted by molar-refractivity contribution is 5.74. The van der Waals surface area contributed by atoms with Crippen molar-refractivity contribution in [2.45, 2.75) is 25.9 Å². The molecule has 2 amide bonds. The normalized spacial score (nSPS) is 12.1. The van der Waals surface area contributed by atoms with Gasteiger partial charge in [-0.05, 0) is 36.8 Å². The van der Waals surface area contributed by atoms with E-state index in [-0.39, 0.29) is 12.1 Å². The molecule has 0 bridgehead atoms. The first-order chi connectivity index (χ1) is 12.1. The van der Waals surface area contributed by atoms with E-state index in [2.05, 4.69) is 20.8 Å². The molecule has 0 aliphatic rings. The summed E-state index contributed by atoms with van der Waals surface area (Å²) in [5.74, 6) is -0.542. The lowest BCUT2D eigenvalue weighted by molar-refractivity contribution is 0.235. The van der Waals surface area contributed by atoms with Crippen LogP contribution < -0.4 is 10.6 Å². The molecular formula is C17H17F2N5O. The summed E-state index contributed by atoms with van der Waals surface area (Å²) < 4.78 is 29.0. The lowest BCUT2D eigenvalue weighted by Crippen LogP contribution is -2.38. The molecule has 3 aromatic rings. The summed E-state index contributed by atoms with van der Waals surface area (Å²) in [6.45, 7) is 1.93. The van der Waals surface area contributed by atoms with Gasteiger partial charge in [0.1, 0.15) is 11.6 Å². The van der Waals surface area contributed by atoms with Crippen molar-refractivity contribution in [2.75, 3.05) is 0 Å². The molecule has 0 unspecified atom stereocenters. The summed E-state index contributed by atoms with van der Waals surface area (Å²) in [4.78, 5) is 12.1. The van der Waals surface area contributed by atoms with E-state index in [1.807, 2.05) is 12.1 Å². The Bertz CT molecular complexity index is 896. The Morgan fingerprint density at radius 1 is 1.24 bits per heavy atom. The minimum absolute atomic E-state index is 0.116. The van der Waals surface area contributed by atoms with Crippen LogP contribution in [-0.4, -0.2) is 20.6 Å². The van der Waals surface area contributed by atoms with Crippen molar-refractivity contribution in [1.82, 2.24) is 25.2 Å². The molecule has 0 fully saturated rings. The number of nitrogens with zero attached hydrogens (tertiary/aromatic N) is 3. The molecule has 0 spiro atoms. The minimum Gasteiger partial charge on any atom is -0.331 e. The van der Waals surface area contributed by atoms with E-state index in [9.17, 15) is 13.6 Å². The number of hydrogen-bond donors (Lipinski definition) is 2. The molecule has 1 aromatic carbocycles. The molecule has 0 saturated carbocycles. The summed E-state index contributed by atoms with van der Waals surface area (Å²) in [6, 6.07) is 7.53. The largest absolute Gasteiger partial charge is 0.331 e. The maximum atomic E-state index is 13.9. The number of amides is 2. The predicted molar refractivity (Wildman–Crippen MR) is 87.7 cm³/mol. The van der Waals surface area contributed by atoms with E-state index in [4.69, 9.17) is 0 Å². The van der Waals surface area contributed by atoms with E-state index in [0.717, 1.165) is 18.2 Å². The summed E-state index contributed by atoms with van der Waals surface area (Å²) >= 11 is 0. The fraction of sp³-hybridized carbons (Fsp3) is 0.235. The lowest BCUT2D eigenvalue weighted by Gasteiger charge is -2.18. The average Bonchev–Trinajstić information content (AvgIpc) is 3.03. The highest BCUT2D eigenvalue weighted by Gasteiger charge is 2.17. The quantitative estimate of drug-likeness (QED) is 0.747. The molecule has 1 atom stereocenters. The Morgan fingerprint density at radius 3 is 2.88 bits per heavy atom. The number of benzene rings is 1. The van der Waals surface area contributed by atoms with Gasteiger partial charge in [-0.25, -0.2) is 13.6 Å². The molecule has 0 aliphatic carbocycles. The number of carbonyl (C=O) groups is 1. The second-order valence-electron chi connectivity index (χ2n) is 5.50. The van der Waals surface area contributed by atoms with Crippen LogP contribution in [0.2, 0.25) is 0 Å².